The normalized spacial score (nSPS) is 11.8. The smallest absolute Gasteiger partial charge is 0.241 e. The van der Waals surface area contributed by atoms with E-state index in [9.17, 15) is 12.8 Å². The number of hydrogen-bond donors (Lipinski definition) is 2. The minimum Gasteiger partial charge on any atom is -0.326 e. The van der Waals surface area contributed by atoms with Gasteiger partial charge in [0.1, 0.15) is 5.82 Å². The van der Waals surface area contributed by atoms with Crippen LogP contribution >= 0.6 is 11.3 Å². The molecule has 20 heavy (non-hydrogen) atoms. The Labute approximate surface area is 121 Å². The quantitative estimate of drug-likeness (QED) is 0.888. The Balaban J connectivity index is 2.19. The van der Waals surface area contributed by atoms with Crippen molar-refractivity contribution in [3.63, 3.8) is 0 Å². The van der Waals surface area contributed by atoms with Gasteiger partial charge in [-0.15, -0.1) is 11.3 Å². The molecular weight excluding hydrogens is 299 g/mol. The highest BCUT2D eigenvalue weighted by Crippen LogP contribution is 2.25. The fraction of sp³-hybridized carbons (Fsp3) is 0.231. The second-order valence-electron chi connectivity index (χ2n) is 4.25. The van der Waals surface area contributed by atoms with E-state index in [1.54, 1.807) is 31.2 Å². The zero-order chi connectivity index (χ0) is 14.8. The summed E-state index contributed by atoms with van der Waals surface area (Å²) in [7, 11) is -3.66. The molecule has 0 aliphatic carbocycles. The predicted molar refractivity (Wildman–Crippen MR) is 77.4 cm³/mol. The SMILES string of the molecule is Cc1sc(CN)cc1S(=O)(=O)NCc1ccccc1F. The van der Waals surface area contributed by atoms with E-state index in [-0.39, 0.29) is 11.4 Å². The van der Waals surface area contributed by atoms with Crippen LogP contribution in [0.15, 0.2) is 35.2 Å². The van der Waals surface area contributed by atoms with Gasteiger partial charge in [-0.2, -0.15) is 0 Å². The van der Waals surface area contributed by atoms with Gasteiger partial charge in [-0.25, -0.2) is 17.5 Å². The summed E-state index contributed by atoms with van der Waals surface area (Å²) in [6.07, 6.45) is 0. The molecule has 2 aromatic rings. The number of halogens is 1. The number of sulfonamides is 1. The second-order valence-corrected chi connectivity index (χ2v) is 7.33. The number of thiophene rings is 1. The number of nitrogens with two attached hydrogens (primary N) is 1. The van der Waals surface area contributed by atoms with E-state index >= 15 is 0 Å². The summed E-state index contributed by atoms with van der Waals surface area (Å²) in [6.45, 7) is 1.94. The molecule has 0 saturated carbocycles. The predicted octanol–water partition coefficient (Wildman–Crippen LogP) is 2.13. The summed E-state index contributed by atoms with van der Waals surface area (Å²) < 4.78 is 40.3. The van der Waals surface area contributed by atoms with Crippen LogP contribution in [0.5, 0.6) is 0 Å². The number of nitrogens with one attached hydrogen (secondary N) is 1. The number of benzene rings is 1. The van der Waals surface area contributed by atoms with Gasteiger partial charge in [-0.05, 0) is 19.1 Å². The van der Waals surface area contributed by atoms with Crippen molar-refractivity contribution in [2.75, 3.05) is 0 Å². The molecule has 0 radical (unpaired) electrons. The van der Waals surface area contributed by atoms with Crippen LogP contribution in [0.2, 0.25) is 0 Å². The first-order valence-corrected chi connectivity index (χ1v) is 8.26. The van der Waals surface area contributed by atoms with Crippen molar-refractivity contribution in [3.8, 4) is 0 Å². The molecule has 1 aromatic heterocycles. The first kappa shape index (κ1) is 15.1. The van der Waals surface area contributed by atoms with Crippen LogP contribution in [0.4, 0.5) is 4.39 Å². The lowest BCUT2D eigenvalue weighted by atomic mass is 10.2. The lowest BCUT2D eigenvalue weighted by Crippen LogP contribution is -2.23. The molecule has 2 rings (SSSR count). The Hall–Kier alpha value is -1.28. The first-order chi connectivity index (χ1) is 9.44. The standard InChI is InChI=1S/C13H15FN2O2S2/c1-9-13(6-11(7-15)19-9)20(17,18)16-8-10-4-2-3-5-12(10)14/h2-6,16H,7-8,15H2,1H3. The third-order valence-corrected chi connectivity index (χ3v) is 5.55. The molecule has 0 spiro atoms. The summed E-state index contributed by atoms with van der Waals surface area (Å²) in [6, 6.07) is 7.62. The minimum atomic E-state index is -3.66. The van der Waals surface area contributed by atoms with Crippen molar-refractivity contribution in [1.29, 1.82) is 0 Å². The molecule has 0 unspecified atom stereocenters. The van der Waals surface area contributed by atoms with Crippen molar-refractivity contribution >= 4 is 21.4 Å². The summed E-state index contributed by atoms with van der Waals surface area (Å²) in [5.74, 6) is -0.431. The maximum atomic E-state index is 13.5. The molecule has 1 heterocycles. The van der Waals surface area contributed by atoms with Crippen molar-refractivity contribution in [2.45, 2.75) is 24.9 Å². The van der Waals surface area contributed by atoms with E-state index in [2.05, 4.69) is 4.72 Å². The fourth-order valence-corrected chi connectivity index (χ4v) is 4.30. The average Bonchev–Trinajstić information content (AvgIpc) is 2.80. The fourth-order valence-electron chi connectivity index (χ4n) is 1.78. The lowest BCUT2D eigenvalue weighted by Gasteiger charge is -2.07. The van der Waals surface area contributed by atoms with Gasteiger partial charge in [-0.3, -0.25) is 0 Å². The molecule has 0 saturated heterocycles. The van der Waals surface area contributed by atoms with E-state index < -0.39 is 15.8 Å². The van der Waals surface area contributed by atoms with Gasteiger partial charge >= 0.3 is 0 Å². The Morgan fingerprint density at radius 3 is 2.65 bits per heavy atom. The molecule has 0 aliphatic heterocycles. The molecule has 0 amide bonds. The highest BCUT2D eigenvalue weighted by molar-refractivity contribution is 7.89. The van der Waals surface area contributed by atoms with Crippen LogP contribution in [0.3, 0.4) is 0 Å². The molecule has 0 bridgehead atoms. The highest BCUT2D eigenvalue weighted by Gasteiger charge is 2.19. The van der Waals surface area contributed by atoms with Gasteiger partial charge in [0.25, 0.3) is 0 Å². The van der Waals surface area contributed by atoms with Gasteiger partial charge < -0.3 is 5.73 Å². The van der Waals surface area contributed by atoms with E-state index in [1.807, 2.05) is 0 Å². The average molecular weight is 314 g/mol. The minimum absolute atomic E-state index is 0.0811. The van der Waals surface area contributed by atoms with Crippen LogP contribution in [0.1, 0.15) is 15.3 Å². The highest BCUT2D eigenvalue weighted by atomic mass is 32.2. The molecule has 1 aromatic carbocycles. The van der Waals surface area contributed by atoms with Crippen LogP contribution in [-0.4, -0.2) is 8.42 Å². The van der Waals surface area contributed by atoms with E-state index in [0.717, 1.165) is 4.88 Å². The van der Waals surface area contributed by atoms with E-state index in [0.29, 0.717) is 17.0 Å². The summed E-state index contributed by atoms with van der Waals surface area (Å²) >= 11 is 1.35. The number of hydrogen-bond acceptors (Lipinski definition) is 4. The number of aryl methyl sites for hydroxylation is 1. The number of rotatable bonds is 5. The zero-order valence-corrected chi connectivity index (χ0v) is 12.5. The van der Waals surface area contributed by atoms with Crippen LogP contribution in [0.25, 0.3) is 0 Å². The summed E-state index contributed by atoms with van der Waals surface area (Å²) in [5.41, 5.74) is 5.81. The van der Waals surface area contributed by atoms with Crippen LogP contribution in [-0.2, 0) is 23.1 Å². The van der Waals surface area contributed by atoms with Crippen molar-refractivity contribution in [2.24, 2.45) is 5.73 Å². The Bertz CT molecular complexity index is 711. The Morgan fingerprint density at radius 2 is 2.05 bits per heavy atom. The molecular formula is C13H15FN2O2S2. The van der Waals surface area contributed by atoms with Gasteiger partial charge in [-0.1, -0.05) is 18.2 Å². The monoisotopic (exact) mass is 314 g/mol. The molecule has 0 atom stereocenters. The summed E-state index contributed by atoms with van der Waals surface area (Å²) in [4.78, 5) is 1.68. The van der Waals surface area contributed by atoms with Gasteiger partial charge in [0, 0.05) is 28.4 Å². The Morgan fingerprint density at radius 1 is 1.35 bits per heavy atom. The van der Waals surface area contributed by atoms with Crippen molar-refractivity contribution in [3.05, 3.63) is 51.5 Å². The molecule has 0 fully saturated rings. The third kappa shape index (κ3) is 3.24. The largest absolute Gasteiger partial charge is 0.326 e. The zero-order valence-electron chi connectivity index (χ0n) is 10.9. The third-order valence-electron chi connectivity index (χ3n) is 2.82. The van der Waals surface area contributed by atoms with Crippen molar-refractivity contribution in [1.82, 2.24) is 4.72 Å². The van der Waals surface area contributed by atoms with Gasteiger partial charge in [0.2, 0.25) is 10.0 Å². The van der Waals surface area contributed by atoms with Gasteiger partial charge in [0.15, 0.2) is 0 Å². The molecule has 7 heteroatoms. The van der Waals surface area contributed by atoms with Crippen LogP contribution in [0, 0.1) is 12.7 Å². The maximum Gasteiger partial charge on any atom is 0.241 e. The van der Waals surface area contributed by atoms with Crippen LogP contribution < -0.4 is 10.5 Å². The molecule has 4 nitrogen and oxygen atoms in total. The van der Waals surface area contributed by atoms with Crippen molar-refractivity contribution < 1.29 is 12.8 Å². The molecule has 0 aliphatic rings. The van der Waals surface area contributed by atoms with Gasteiger partial charge in [0.05, 0.1) is 4.90 Å². The second kappa shape index (κ2) is 6.01. The van der Waals surface area contributed by atoms with E-state index in [4.69, 9.17) is 5.73 Å². The summed E-state index contributed by atoms with van der Waals surface area (Å²) in [5, 5.41) is 0. The molecule has 3 N–H and O–H groups in total. The molecule has 108 valence electrons. The Kier molecular flexibility index (Phi) is 4.54. The first-order valence-electron chi connectivity index (χ1n) is 5.96. The lowest BCUT2D eigenvalue weighted by molar-refractivity contribution is 0.574. The van der Waals surface area contributed by atoms with E-state index in [1.165, 1.54) is 17.4 Å². The maximum absolute atomic E-state index is 13.5. The topological polar surface area (TPSA) is 72.2 Å².